The Morgan fingerprint density at radius 3 is 2.43 bits per heavy atom. The number of benzene rings is 2. The van der Waals surface area contributed by atoms with Gasteiger partial charge in [-0.05, 0) is 54.3 Å². The zero-order chi connectivity index (χ0) is 24.4. The molecule has 2 aliphatic rings. The number of furan rings is 1. The second kappa shape index (κ2) is 9.67. The van der Waals surface area contributed by atoms with Gasteiger partial charge in [0.25, 0.3) is 5.91 Å². The average molecular weight is 494 g/mol. The Labute approximate surface area is 204 Å². The SMILES string of the molecule is O=C(Nc1cccc(S(=O)(=O)N2CCCCC2)c1)[C@@H]1Cc2ccccc2CN1C(=O)c1ccco1. The van der Waals surface area contributed by atoms with Crippen molar-refractivity contribution in [1.29, 1.82) is 0 Å². The molecule has 3 heterocycles. The van der Waals surface area contributed by atoms with Crippen LogP contribution in [0.25, 0.3) is 0 Å². The summed E-state index contributed by atoms with van der Waals surface area (Å²) in [6.45, 7) is 1.28. The molecule has 3 aromatic rings. The van der Waals surface area contributed by atoms with E-state index in [1.54, 1.807) is 30.3 Å². The van der Waals surface area contributed by atoms with E-state index in [-0.39, 0.29) is 29.0 Å². The Hall–Kier alpha value is -3.43. The number of carbonyl (C=O) groups is 2. The van der Waals surface area contributed by atoms with E-state index in [0.717, 1.165) is 30.4 Å². The molecule has 2 aliphatic heterocycles. The Balaban J connectivity index is 1.40. The van der Waals surface area contributed by atoms with Gasteiger partial charge in [-0.3, -0.25) is 9.59 Å². The van der Waals surface area contributed by atoms with Crippen LogP contribution in [0.4, 0.5) is 5.69 Å². The van der Waals surface area contributed by atoms with Crippen LogP contribution in [0.3, 0.4) is 0 Å². The lowest BCUT2D eigenvalue weighted by atomic mass is 9.93. The lowest BCUT2D eigenvalue weighted by Crippen LogP contribution is -2.50. The molecule has 1 N–H and O–H groups in total. The number of hydrogen-bond acceptors (Lipinski definition) is 5. The number of carbonyl (C=O) groups excluding carboxylic acids is 2. The van der Waals surface area contributed by atoms with Crippen LogP contribution < -0.4 is 5.32 Å². The molecule has 9 heteroatoms. The maximum Gasteiger partial charge on any atom is 0.290 e. The summed E-state index contributed by atoms with van der Waals surface area (Å²) >= 11 is 0. The first-order valence-electron chi connectivity index (χ1n) is 11.8. The monoisotopic (exact) mass is 493 g/mol. The highest BCUT2D eigenvalue weighted by atomic mass is 32.2. The summed E-state index contributed by atoms with van der Waals surface area (Å²) in [5, 5.41) is 2.84. The highest BCUT2D eigenvalue weighted by Crippen LogP contribution is 2.27. The van der Waals surface area contributed by atoms with E-state index >= 15 is 0 Å². The summed E-state index contributed by atoms with van der Waals surface area (Å²) in [5.74, 6) is -0.588. The van der Waals surface area contributed by atoms with E-state index in [2.05, 4.69) is 5.32 Å². The van der Waals surface area contributed by atoms with E-state index in [1.165, 1.54) is 21.5 Å². The van der Waals surface area contributed by atoms with Crippen LogP contribution in [-0.4, -0.2) is 48.6 Å². The average Bonchev–Trinajstić information content (AvgIpc) is 3.43. The quantitative estimate of drug-likeness (QED) is 0.585. The summed E-state index contributed by atoms with van der Waals surface area (Å²) in [5.41, 5.74) is 2.35. The number of rotatable bonds is 5. The van der Waals surface area contributed by atoms with Crippen molar-refractivity contribution in [2.75, 3.05) is 18.4 Å². The molecular weight excluding hydrogens is 466 g/mol. The van der Waals surface area contributed by atoms with Crippen molar-refractivity contribution < 1.29 is 22.4 Å². The van der Waals surface area contributed by atoms with E-state index in [0.29, 0.717) is 25.2 Å². The predicted octanol–water partition coefficient (Wildman–Crippen LogP) is 3.66. The van der Waals surface area contributed by atoms with Crippen LogP contribution >= 0.6 is 0 Å². The molecule has 8 nitrogen and oxygen atoms in total. The van der Waals surface area contributed by atoms with Crippen molar-refractivity contribution in [2.45, 2.75) is 43.2 Å². The fourth-order valence-electron chi connectivity index (χ4n) is 4.73. The van der Waals surface area contributed by atoms with Crippen LogP contribution in [0.15, 0.2) is 76.2 Å². The van der Waals surface area contributed by atoms with Crippen molar-refractivity contribution in [3.05, 3.63) is 83.8 Å². The first kappa shape index (κ1) is 23.3. The molecule has 35 heavy (non-hydrogen) atoms. The van der Waals surface area contributed by atoms with Crippen molar-refractivity contribution >= 4 is 27.5 Å². The summed E-state index contributed by atoms with van der Waals surface area (Å²) in [6.07, 6.45) is 4.49. The number of anilines is 1. The molecule has 1 atom stereocenters. The van der Waals surface area contributed by atoms with Gasteiger partial charge < -0.3 is 14.6 Å². The Morgan fingerprint density at radius 2 is 1.69 bits per heavy atom. The number of piperidine rings is 1. The molecule has 182 valence electrons. The number of hydrogen-bond donors (Lipinski definition) is 1. The van der Waals surface area contributed by atoms with E-state index in [1.807, 2.05) is 24.3 Å². The van der Waals surface area contributed by atoms with Crippen molar-refractivity contribution in [2.24, 2.45) is 0 Å². The van der Waals surface area contributed by atoms with Crippen molar-refractivity contribution in [3.8, 4) is 0 Å². The van der Waals surface area contributed by atoms with Gasteiger partial charge in [-0.25, -0.2) is 8.42 Å². The molecule has 0 unspecified atom stereocenters. The van der Waals surface area contributed by atoms with Gasteiger partial charge in [-0.15, -0.1) is 0 Å². The molecule has 1 fully saturated rings. The lowest BCUT2D eigenvalue weighted by molar-refractivity contribution is -0.121. The molecule has 2 aromatic carbocycles. The van der Waals surface area contributed by atoms with Gasteiger partial charge in [0.2, 0.25) is 15.9 Å². The van der Waals surface area contributed by atoms with Crippen molar-refractivity contribution in [1.82, 2.24) is 9.21 Å². The first-order chi connectivity index (χ1) is 16.9. The van der Waals surface area contributed by atoms with Gasteiger partial charge in [0.1, 0.15) is 6.04 Å². The Bertz CT molecular complexity index is 1330. The minimum Gasteiger partial charge on any atom is -0.459 e. The van der Waals surface area contributed by atoms with Gasteiger partial charge in [0.05, 0.1) is 11.2 Å². The number of nitrogens with one attached hydrogen (secondary N) is 1. The molecular formula is C26H27N3O5S. The van der Waals surface area contributed by atoms with Gasteiger partial charge in [-0.1, -0.05) is 36.8 Å². The van der Waals surface area contributed by atoms with Gasteiger partial charge in [0.15, 0.2) is 5.76 Å². The molecule has 1 aromatic heterocycles. The van der Waals surface area contributed by atoms with E-state index in [4.69, 9.17) is 4.42 Å². The topological polar surface area (TPSA) is 99.9 Å². The standard InChI is InChI=1S/C26H27N3O5S/c30-25(27-21-10-6-11-22(17-21)35(32,33)28-13-4-1-5-14-28)23-16-19-8-2-3-9-20(19)18-29(23)26(31)24-12-7-15-34-24/h2-3,6-12,15,17,23H,1,4-5,13-14,16,18H2,(H,27,30)/t23-/m0/s1. The maximum absolute atomic E-state index is 13.4. The van der Waals surface area contributed by atoms with Crippen LogP contribution in [0.1, 0.15) is 40.9 Å². The second-order valence-electron chi connectivity index (χ2n) is 8.88. The van der Waals surface area contributed by atoms with E-state index in [9.17, 15) is 18.0 Å². The number of amides is 2. The highest BCUT2D eigenvalue weighted by molar-refractivity contribution is 7.89. The normalized spacial score (nSPS) is 18.6. The molecule has 0 saturated carbocycles. The zero-order valence-corrected chi connectivity index (χ0v) is 20.0. The third kappa shape index (κ3) is 4.74. The first-order valence-corrected chi connectivity index (χ1v) is 13.2. The molecule has 0 radical (unpaired) electrons. The molecule has 5 rings (SSSR count). The molecule has 2 amide bonds. The number of nitrogens with zero attached hydrogens (tertiary/aromatic N) is 2. The molecule has 0 bridgehead atoms. The predicted molar refractivity (Wildman–Crippen MR) is 130 cm³/mol. The maximum atomic E-state index is 13.4. The smallest absolute Gasteiger partial charge is 0.290 e. The van der Waals surface area contributed by atoms with Gasteiger partial charge in [-0.2, -0.15) is 4.31 Å². The minimum atomic E-state index is -3.63. The third-order valence-corrected chi connectivity index (χ3v) is 8.49. The summed E-state index contributed by atoms with van der Waals surface area (Å²) in [4.78, 5) is 28.2. The van der Waals surface area contributed by atoms with Crippen LogP contribution in [0.2, 0.25) is 0 Å². The Morgan fingerprint density at radius 1 is 0.914 bits per heavy atom. The zero-order valence-electron chi connectivity index (χ0n) is 19.2. The molecule has 0 spiro atoms. The Kier molecular flexibility index (Phi) is 6.44. The van der Waals surface area contributed by atoms with E-state index < -0.39 is 16.1 Å². The fourth-order valence-corrected chi connectivity index (χ4v) is 6.29. The molecule has 0 aliphatic carbocycles. The summed E-state index contributed by atoms with van der Waals surface area (Å²) in [7, 11) is -3.63. The molecule has 1 saturated heterocycles. The third-order valence-electron chi connectivity index (χ3n) is 6.60. The lowest BCUT2D eigenvalue weighted by Gasteiger charge is -2.35. The van der Waals surface area contributed by atoms with Gasteiger partial charge in [0, 0.05) is 31.7 Å². The fraction of sp³-hybridized carbons (Fsp3) is 0.308. The summed E-state index contributed by atoms with van der Waals surface area (Å²) in [6, 6.07) is 16.5. The highest BCUT2D eigenvalue weighted by Gasteiger charge is 2.36. The van der Waals surface area contributed by atoms with Crippen LogP contribution in [0.5, 0.6) is 0 Å². The van der Waals surface area contributed by atoms with Gasteiger partial charge >= 0.3 is 0 Å². The summed E-state index contributed by atoms with van der Waals surface area (Å²) < 4.78 is 33.0. The van der Waals surface area contributed by atoms with Crippen LogP contribution in [-0.2, 0) is 27.8 Å². The largest absolute Gasteiger partial charge is 0.459 e. The number of fused-ring (bicyclic) bond motifs is 1. The van der Waals surface area contributed by atoms with Crippen molar-refractivity contribution in [3.63, 3.8) is 0 Å². The van der Waals surface area contributed by atoms with Crippen LogP contribution in [0, 0.1) is 0 Å². The number of sulfonamides is 1. The second-order valence-corrected chi connectivity index (χ2v) is 10.8. The minimum absolute atomic E-state index is 0.148.